The van der Waals surface area contributed by atoms with Crippen LogP contribution in [0, 0.1) is 0 Å². The summed E-state index contributed by atoms with van der Waals surface area (Å²) >= 11 is 0. The molecule has 5 heteroatoms. The summed E-state index contributed by atoms with van der Waals surface area (Å²) in [6.07, 6.45) is 4.74. The van der Waals surface area contributed by atoms with Gasteiger partial charge in [-0.2, -0.15) is 0 Å². The summed E-state index contributed by atoms with van der Waals surface area (Å²) < 4.78 is 26.1. The fourth-order valence-corrected chi connectivity index (χ4v) is 3.09. The second kappa shape index (κ2) is 9.85. The van der Waals surface area contributed by atoms with Crippen molar-refractivity contribution in [1.82, 2.24) is 10.0 Å². The summed E-state index contributed by atoms with van der Waals surface area (Å²) in [6.45, 7) is 7.94. The van der Waals surface area contributed by atoms with Crippen LogP contribution >= 0.6 is 0 Å². The van der Waals surface area contributed by atoms with Gasteiger partial charge in [-0.3, -0.25) is 0 Å². The Balaban J connectivity index is 3.72. The molecular weight excluding hydrogens is 236 g/mol. The highest BCUT2D eigenvalue weighted by Crippen LogP contribution is 2.02. The molecule has 0 bridgehead atoms. The lowest BCUT2D eigenvalue weighted by molar-refractivity contribution is 0.531. The highest BCUT2D eigenvalue weighted by molar-refractivity contribution is 7.89. The summed E-state index contributed by atoms with van der Waals surface area (Å²) in [4.78, 5) is 0. The van der Waals surface area contributed by atoms with Crippen molar-refractivity contribution in [3.63, 3.8) is 0 Å². The van der Waals surface area contributed by atoms with Gasteiger partial charge in [0.05, 0.1) is 5.75 Å². The zero-order chi connectivity index (χ0) is 13.1. The summed E-state index contributed by atoms with van der Waals surface area (Å²) in [5.74, 6) is 0.245. The van der Waals surface area contributed by atoms with Crippen molar-refractivity contribution in [3.8, 4) is 0 Å². The molecule has 0 aromatic carbocycles. The van der Waals surface area contributed by atoms with Crippen LogP contribution in [-0.2, 0) is 10.0 Å². The van der Waals surface area contributed by atoms with Crippen molar-refractivity contribution in [2.75, 3.05) is 18.8 Å². The monoisotopic (exact) mass is 264 g/mol. The van der Waals surface area contributed by atoms with Gasteiger partial charge in [-0.25, -0.2) is 13.1 Å². The van der Waals surface area contributed by atoms with Crippen LogP contribution in [0.3, 0.4) is 0 Å². The van der Waals surface area contributed by atoms with Crippen LogP contribution in [0.25, 0.3) is 0 Å². The molecule has 0 radical (unpaired) electrons. The van der Waals surface area contributed by atoms with Crippen LogP contribution in [0.2, 0.25) is 0 Å². The minimum Gasteiger partial charge on any atom is -0.317 e. The molecule has 0 amide bonds. The fraction of sp³-hybridized carbons (Fsp3) is 1.00. The van der Waals surface area contributed by atoms with Gasteiger partial charge in [0.2, 0.25) is 10.0 Å². The minimum atomic E-state index is -3.08. The Morgan fingerprint density at radius 1 is 1.12 bits per heavy atom. The normalized spacial score (nSPS) is 13.8. The van der Waals surface area contributed by atoms with Crippen molar-refractivity contribution in [2.24, 2.45) is 0 Å². The number of unbranched alkanes of at least 4 members (excludes halogenated alkanes) is 2. The molecule has 2 N–H and O–H groups in total. The first-order chi connectivity index (χ1) is 8.02. The first-order valence-electron chi connectivity index (χ1n) is 6.72. The van der Waals surface area contributed by atoms with Crippen molar-refractivity contribution in [2.45, 2.75) is 58.9 Å². The highest BCUT2D eigenvalue weighted by Gasteiger charge is 2.13. The maximum absolute atomic E-state index is 11.7. The quantitative estimate of drug-likeness (QED) is 0.560. The van der Waals surface area contributed by atoms with Gasteiger partial charge in [0, 0.05) is 6.04 Å². The van der Waals surface area contributed by atoms with Crippen molar-refractivity contribution in [1.29, 1.82) is 0 Å². The highest BCUT2D eigenvalue weighted by atomic mass is 32.2. The Hall–Kier alpha value is -0.130. The summed E-state index contributed by atoms with van der Waals surface area (Å²) in [7, 11) is -3.08. The van der Waals surface area contributed by atoms with Crippen LogP contribution in [0.5, 0.6) is 0 Å². The SMILES string of the molecule is CCCCC(C)NS(=O)(=O)CCCCNCC. The van der Waals surface area contributed by atoms with Gasteiger partial charge < -0.3 is 5.32 Å². The molecule has 104 valence electrons. The average molecular weight is 264 g/mol. The Bertz CT molecular complexity index is 266. The number of nitrogens with one attached hydrogen (secondary N) is 2. The van der Waals surface area contributed by atoms with Gasteiger partial charge in [-0.15, -0.1) is 0 Å². The maximum atomic E-state index is 11.7. The standard InChI is InChI=1S/C12H28N2O2S/c1-4-6-9-12(3)14-17(15,16)11-8-7-10-13-5-2/h12-14H,4-11H2,1-3H3. The van der Waals surface area contributed by atoms with E-state index < -0.39 is 10.0 Å². The molecule has 0 aromatic heterocycles. The van der Waals surface area contributed by atoms with Crippen molar-refractivity contribution >= 4 is 10.0 Å². The van der Waals surface area contributed by atoms with E-state index in [0.717, 1.165) is 45.2 Å². The Morgan fingerprint density at radius 2 is 1.82 bits per heavy atom. The summed E-state index contributed by atoms with van der Waals surface area (Å²) in [5.41, 5.74) is 0. The van der Waals surface area contributed by atoms with Crippen LogP contribution < -0.4 is 10.0 Å². The molecule has 17 heavy (non-hydrogen) atoms. The Kier molecular flexibility index (Phi) is 9.78. The molecule has 1 unspecified atom stereocenters. The molecule has 0 spiro atoms. The zero-order valence-corrected chi connectivity index (χ0v) is 12.3. The van der Waals surface area contributed by atoms with Gasteiger partial charge in [-0.05, 0) is 39.3 Å². The van der Waals surface area contributed by atoms with E-state index in [0.29, 0.717) is 0 Å². The smallest absolute Gasteiger partial charge is 0.211 e. The van der Waals surface area contributed by atoms with Gasteiger partial charge in [0.1, 0.15) is 0 Å². The lowest BCUT2D eigenvalue weighted by atomic mass is 10.2. The lowest BCUT2D eigenvalue weighted by Crippen LogP contribution is -2.34. The average Bonchev–Trinajstić information content (AvgIpc) is 2.25. The molecule has 0 aliphatic carbocycles. The molecular formula is C12H28N2O2S. The van der Waals surface area contributed by atoms with E-state index in [-0.39, 0.29) is 11.8 Å². The molecule has 0 aliphatic rings. The van der Waals surface area contributed by atoms with E-state index in [9.17, 15) is 8.42 Å². The second-order valence-electron chi connectivity index (χ2n) is 4.54. The molecule has 0 heterocycles. The second-order valence-corrected chi connectivity index (χ2v) is 6.41. The topological polar surface area (TPSA) is 58.2 Å². The largest absolute Gasteiger partial charge is 0.317 e. The van der Waals surface area contributed by atoms with Crippen LogP contribution in [-0.4, -0.2) is 33.3 Å². The summed E-state index contributed by atoms with van der Waals surface area (Å²) in [5, 5.41) is 3.19. The molecule has 0 aromatic rings. The zero-order valence-electron chi connectivity index (χ0n) is 11.5. The van der Waals surface area contributed by atoms with E-state index in [1.165, 1.54) is 0 Å². The third-order valence-electron chi connectivity index (χ3n) is 2.64. The predicted molar refractivity (Wildman–Crippen MR) is 73.7 cm³/mol. The van der Waals surface area contributed by atoms with E-state index in [1.807, 2.05) is 13.8 Å². The minimum absolute atomic E-state index is 0.0636. The predicted octanol–water partition coefficient (Wildman–Crippen LogP) is 1.87. The molecule has 0 aliphatic heterocycles. The Labute approximate surface area is 107 Å². The molecule has 0 rings (SSSR count). The first-order valence-corrected chi connectivity index (χ1v) is 8.37. The maximum Gasteiger partial charge on any atom is 0.211 e. The van der Waals surface area contributed by atoms with Crippen LogP contribution in [0.15, 0.2) is 0 Å². The molecule has 0 saturated heterocycles. The number of rotatable bonds is 11. The third-order valence-corrected chi connectivity index (χ3v) is 4.23. The van der Waals surface area contributed by atoms with Crippen LogP contribution in [0.4, 0.5) is 0 Å². The van der Waals surface area contributed by atoms with E-state index in [4.69, 9.17) is 0 Å². The number of hydrogen-bond acceptors (Lipinski definition) is 3. The van der Waals surface area contributed by atoms with Gasteiger partial charge in [0.15, 0.2) is 0 Å². The number of hydrogen-bond donors (Lipinski definition) is 2. The molecule has 0 fully saturated rings. The van der Waals surface area contributed by atoms with E-state index in [1.54, 1.807) is 0 Å². The van der Waals surface area contributed by atoms with E-state index in [2.05, 4.69) is 17.0 Å². The molecule has 4 nitrogen and oxygen atoms in total. The first kappa shape index (κ1) is 16.9. The fourth-order valence-electron chi connectivity index (χ4n) is 1.65. The van der Waals surface area contributed by atoms with E-state index >= 15 is 0 Å². The lowest BCUT2D eigenvalue weighted by Gasteiger charge is -2.13. The third kappa shape index (κ3) is 10.7. The summed E-state index contributed by atoms with van der Waals surface area (Å²) in [6, 6.07) is 0.0636. The van der Waals surface area contributed by atoms with Gasteiger partial charge in [-0.1, -0.05) is 26.7 Å². The Morgan fingerprint density at radius 3 is 2.41 bits per heavy atom. The van der Waals surface area contributed by atoms with Gasteiger partial charge >= 0.3 is 0 Å². The molecule has 0 saturated carbocycles. The van der Waals surface area contributed by atoms with Crippen molar-refractivity contribution in [3.05, 3.63) is 0 Å². The van der Waals surface area contributed by atoms with Gasteiger partial charge in [0.25, 0.3) is 0 Å². The molecule has 1 atom stereocenters. The van der Waals surface area contributed by atoms with Crippen molar-refractivity contribution < 1.29 is 8.42 Å². The number of sulfonamides is 1. The van der Waals surface area contributed by atoms with Crippen LogP contribution in [0.1, 0.15) is 52.9 Å².